The maximum Gasteiger partial charge on any atom is 0.204 e. The molecule has 0 spiro atoms. The van der Waals surface area contributed by atoms with Gasteiger partial charge >= 0.3 is 0 Å². The Morgan fingerprint density at radius 3 is 2.27 bits per heavy atom. The van der Waals surface area contributed by atoms with Crippen molar-refractivity contribution >= 4 is 0 Å². The zero-order valence-electron chi connectivity index (χ0n) is 15.6. The summed E-state index contributed by atoms with van der Waals surface area (Å²) in [5.74, 6) is -1.09. The molecule has 26 heavy (non-hydrogen) atoms. The molecule has 5 heteroatoms. The molecule has 0 aromatic heterocycles. The van der Waals surface area contributed by atoms with Gasteiger partial charge in [-0.25, -0.2) is 0 Å². The molecule has 1 aliphatic heterocycles. The van der Waals surface area contributed by atoms with Gasteiger partial charge in [0.1, 0.15) is 0 Å². The van der Waals surface area contributed by atoms with Gasteiger partial charge in [0.25, 0.3) is 0 Å². The third-order valence-electron chi connectivity index (χ3n) is 5.43. The Morgan fingerprint density at radius 2 is 1.69 bits per heavy atom. The molecule has 0 radical (unpaired) electrons. The van der Waals surface area contributed by atoms with Gasteiger partial charge in [0.2, 0.25) is 11.6 Å². The molecule has 1 fully saturated rings. The Morgan fingerprint density at radius 1 is 1.04 bits per heavy atom. The number of rotatable bonds is 6. The minimum Gasteiger partial charge on any atom is -0.491 e. The molecule has 1 atom stereocenters. The molecule has 3 nitrogen and oxygen atoms in total. The molecule has 1 aliphatic carbocycles. The first-order chi connectivity index (χ1) is 12.6. The molecule has 1 heterocycles. The minimum atomic E-state index is -0.981. The van der Waals surface area contributed by atoms with Gasteiger partial charge in [0, 0.05) is 0 Å². The van der Waals surface area contributed by atoms with E-state index in [-0.39, 0.29) is 11.5 Å². The van der Waals surface area contributed by atoms with E-state index in [9.17, 15) is 8.78 Å². The lowest BCUT2D eigenvalue weighted by Gasteiger charge is -2.35. The maximum absolute atomic E-state index is 14.1. The highest BCUT2D eigenvalue weighted by Gasteiger charge is 2.29. The lowest BCUT2D eigenvalue weighted by Crippen LogP contribution is -2.31. The third kappa shape index (κ3) is 4.56. The van der Waals surface area contributed by atoms with Gasteiger partial charge in [-0.15, -0.1) is 0 Å². The normalized spacial score (nSPS) is 26.3. The summed E-state index contributed by atoms with van der Waals surface area (Å²) in [6, 6.07) is 2.86. The van der Waals surface area contributed by atoms with Crippen LogP contribution < -0.4 is 9.47 Å². The van der Waals surface area contributed by atoms with Crippen molar-refractivity contribution in [3.05, 3.63) is 35.4 Å². The minimum absolute atomic E-state index is 0.0377. The van der Waals surface area contributed by atoms with Gasteiger partial charge in [0.15, 0.2) is 11.5 Å². The topological polar surface area (TPSA) is 27.7 Å². The van der Waals surface area contributed by atoms with E-state index < -0.39 is 11.6 Å². The average Bonchev–Trinajstić information content (AvgIpc) is 2.66. The quantitative estimate of drug-likeness (QED) is 0.641. The molecule has 1 aromatic carbocycles. The van der Waals surface area contributed by atoms with E-state index >= 15 is 0 Å². The predicted octanol–water partition coefficient (Wildman–Crippen LogP) is 5.28. The van der Waals surface area contributed by atoms with Crippen LogP contribution in [0, 0.1) is 23.5 Å². The van der Waals surface area contributed by atoms with Gasteiger partial charge in [-0.1, -0.05) is 11.6 Å². The van der Waals surface area contributed by atoms with Crippen LogP contribution >= 0.6 is 0 Å². The fourth-order valence-corrected chi connectivity index (χ4v) is 3.84. The van der Waals surface area contributed by atoms with Gasteiger partial charge in [-0.3, -0.25) is 0 Å². The molecule has 2 aliphatic rings. The molecule has 1 unspecified atom stereocenters. The fourth-order valence-electron chi connectivity index (χ4n) is 3.84. The summed E-state index contributed by atoms with van der Waals surface area (Å²) in [5, 5.41) is 0. The van der Waals surface area contributed by atoms with Crippen LogP contribution in [-0.2, 0) is 4.74 Å². The molecule has 0 N–H and O–H groups in total. The summed E-state index contributed by atoms with van der Waals surface area (Å²) in [6.07, 6.45) is 7.90. The van der Waals surface area contributed by atoms with Crippen molar-refractivity contribution in [2.75, 3.05) is 19.8 Å². The lowest BCUT2D eigenvalue weighted by atomic mass is 9.78. The van der Waals surface area contributed by atoms with E-state index in [1.165, 1.54) is 17.7 Å². The molecule has 0 bridgehead atoms. The second-order valence-electron chi connectivity index (χ2n) is 7.35. The van der Waals surface area contributed by atoms with Crippen LogP contribution in [0.15, 0.2) is 23.8 Å². The second kappa shape index (κ2) is 8.85. The fraction of sp³-hybridized carbons (Fsp3) is 0.619. The van der Waals surface area contributed by atoms with Crippen LogP contribution in [-0.4, -0.2) is 25.9 Å². The first-order valence-electron chi connectivity index (χ1n) is 9.59. The van der Waals surface area contributed by atoms with Crippen molar-refractivity contribution in [1.82, 2.24) is 0 Å². The molecule has 1 aromatic rings. The van der Waals surface area contributed by atoms with E-state index in [1.54, 1.807) is 6.92 Å². The Hall–Kier alpha value is -1.62. The van der Waals surface area contributed by atoms with E-state index in [4.69, 9.17) is 14.2 Å². The number of ether oxygens (including phenoxy) is 3. The van der Waals surface area contributed by atoms with Crippen molar-refractivity contribution in [1.29, 1.82) is 0 Å². The summed E-state index contributed by atoms with van der Waals surface area (Å²) in [6.45, 7) is 5.29. The Labute approximate surface area is 154 Å². The van der Waals surface area contributed by atoms with Crippen LogP contribution in [0.5, 0.6) is 11.5 Å². The molecule has 3 rings (SSSR count). The van der Waals surface area contributed by atoms with Crippen molar-refractivity contribution < 1.29 is 23.0 Å². The summed E-state index contributed by atoms with van der Waals surface area (Å²) in [5.41, 5.74) is 1.31. The zero-order chi connectivity index (χ0) is 18.5. The molecule has 1 saturated carbocycles. The zero-order valence-corrected chi connectivity index (χ0v) is 15.6. The molecular formula is C21H28F2O3. The predicted molar refractivity (Wildman–Crippen MR) is 96.6 cm³/mol. The Balaban J connectivity index is 1.47. The van der Waals surface area contributed by atoms with Crippen LogP contribution in [0.1, 0.15) is 46.0 Å². The number of hydrogen-bond donors (Lipinski definition) is 0. The number of benzene rings is 1. The van der Waals surface area contributed by atoms with Crippen molar-refractivity contribution in [2.24, 2.45) is 11.8 Å². The average molecular weight is 366 g/mol. The van der Waals surface area contributed by atoms with E-state index in [1.807, 2.05) is 0 Å². The van der Waals surface area contributed by atoms with Gasteiger partial charge in [0.05, 0.1) is 25.9 Å². The SMILES string of the molecule is CCOc1ccc(OCC2CCC(C3CC=C(C)CO3)CC2)c(F)c1F. The third-order valence-corrected chi connectivity index (χ3v) is 5.43. The molecular weight excluding hydrogens is 338 g/mol. The van der Waals surface area contributed by atoms with Crippen LogP contribution in [0.2, 0.25) is 0 Å². The molecule has 0 saturated heterocycles. The van der Waals surface area contributed by atoms with E-state index in [0.717, 1.165) is 38.7 Å². The van der Waals surface area contributed by atoms with Crippen molar-refractivity contribution in [3.8, 4) is 11.5 Å². The maximum atomic E-state index is 14.1. The van der Waals surface area contributed by atoms with Gasteiger partial charge in [-0.2, -0.15) is 8.78 Å². The van der Waals surface area contributed by atoms with Crippen molar-refractivity contribution in [3.63, 3.8) is 0 Å². The van der Waals surface area contributed by atoms with Crippen molar-refractivity contribution in [2.45, 2.75) is 52.1 Å². The molecule has 144 valence electrons. The highest BCUT2D eigenvalue weighted by atomic mass is 19.2. The van der Waals surface area contributed by atoms with Crippen LogP contribution in [0.3, 0.4) is 0 Å². The lowest BCUT2D eigenvalue weighted by molar-refractivity contribution is -0.00129. The van der Waals surface area contributed by atoms with Crippen LogP contribution in [0.4, 0.5) is 8.78 Å². The number of hydrogen-bond acceptors (Lipinski definition) is 3. The Bertz CT molecular complexity index is 636. The summed E-state index contributed by atoms with van der Waals surface area (Å²) >= 11 is 0. The highest BCUT2D eigenvalue weighted by molar-refractivity contribution is 5.35. The van der Waals surface area contributed by atoms with Crippen LogP contribution in [0.25, 0.3) is 0 Å². The highest BCUT2D eigenvalue weighted by Crippen LogP contribution is 2.35. The first kappa shape index (κ1) is 19.2. The largest absolute Gasteiger partial charge is 0.491 e. The molecule has 0 amide bonds. The number of halogens is 2. The summed E-state index contributed by atoms with van der Waals surface area (Å²) < 4.78 is 44.6. The Kier molecular flexibility index (Phi) is 6.52. The standard InChI is InChI=1S/C21H28F2O3/c1-3-24-18-10-11-19(21(23)20(18)22)26-13-15-5-7-16(8-6-15)17-9-4-14(2)12-25-17/h4,10-11,15-17H,3,5-9,12-13H2,1-2H3. The van der Waals surface area contributed by atoms with E-state index in [0.29, 0.717) is 31.2 Å². The smallest absolute Gasteiger partial charge is 0.204 e. The van der Waals surface area contributed by atoms with Gasteiger partial charge < -0.3 is 14.2 Å². The summed E-state index contributed by atoms with van der Waals surface area (Å²) in [7, 11) is 0. The summed E-state index contributed by atoms with van der Waals surface area (Å²) in [4.78, 5) is 0. The van der Waals surface area contributed by atoms with Gasteiger partial charge in [-0.05, 0) is 69.9 Å². The first-order valence-corrected chi connectivity index (χ1v) is 9.59. The second-order valence-corrected chi connectivity index (χ2v) is 7.35. The van der Waals surface area contributed by atoms with E-state index in [2.05, 4.69) is 13.0 Å². The monoisotopic (exact) mass is 366 g/mol.